The molecule has 8 nitrogen and oxygen atoms in total. The summed E-state index contributed by atoms with van der Waals surface area (Å²) in [6, 6.07) is 0. The van der Waals surface area contributed by atoms with Gasteiger partial charge in [-0.1, -0.05) is 20.8 Å². The predicted octanol–water partition coefficient (Wildman–Crippen LogP) is 5.26. The van der Waals surface area contributed by atoms with Gasteiger partial charge in [0.05, 0.1) is 29.3 Å². The lowest BCUT2D eigenvalue weighted by molar-refractivity contribution is -0.262. The van der Waals surface area contributed by atoms with Crippen LogP contribution in [0.15, 0.2) is 0 Å². The summed E-state index contributed by atoms with van der Waals surface area (Å²) in [5, 5.41) is 0. The Kier molecular flexibility index (Phi) is 7.70. The van der Waals surface area contributed by atoms with Gasteiger partial charge in [0.15, 0.2) is 0 Å². The minimum atomic E-state index is -4.54. The first-order valence-corrected chi connectivity index (χ1v) is 15.3. The molecule has 4 bridgehead atoms. The van der Waals surface area contributed by atoms with Crippen LogP contribution in [0.1, 0.15) is 80.1 Å². The molecular formula is C31H43F3O8. The van der Waals surface area contributed by atoms with Crippen molar-refractivity contribution in [3.05, 3.63) is 0 Å². The van der Waals surface area contributed by atoms with E-state index in [9.17, 15) is 32.3 Å². The van der Waals surface area contributed by atoms with E-state index in [0.717, 1.165) is 19.3 Å². The van der Waals surface area contributed by atoms with Crippen LogP contribution >= 0.6 is 0 Å². The molecular weight excluding hydrogens is 557 g/mol. The Morgan fingerprint density at radius 3 is 2.31 bits per heavy atom. The van der Waals surface area contributed by atoms with Gasteiger partial charge in [0, 0.05) is 17.8 Å². The fraction of sp³-hybridized carbons (Fsp3) is 0.871. The lowest BCUT2D eigenvalue weighted by atomic mass is 9.66. The van der Waals surface area contributed by atoms with Gasteiger partial charge >= 0.3 is 30.1 Å². The van der Waals surface area contributed by atoms with E-state index in [2.05, 4.69) is 0 Å². The van der Waals surface area contributed by atoms with Crippen molar-refractivity contribution in [3.8, 4) is 0 Å². The molecule has 0 aromatic carbocycles. The molecule has 0 aromatic heterocycles. The predicted molar refractivity (Wildman–Crippen MR) is 141 cm³/mol. The molecule has 0 aromatic rings. The van der Waals surface area contributed by atoms with Gasteiger partial charge in [0.1, 0.15) is 24.2 Å². The second-order valence-electron chi connectivity index (χ2n) is 14.2. The van der Waals surface area contributed by atoms with Gasteiger partial charge in [-0.25, -0.2) is 0 Å². The maximum absolute atomic E-state index is 13.7. The van der Waals surface area contributed by atoms with Gasteiger partial charge in [-0.05, 0) is 71.1 Å². The molecule has 236 valence electrons. The van der Waals surface area contributed by atoms with E-state index in [1.54, 1.807) is 6.92 Å². The van der Waals surface area contributed by atoms with Gasteiger partial charge in [0.2, 0.25) is 0 Å². The van der Waals surface area contributed by atoms with Crippen LogP contribution in [-0.4, -0.2) is 55.5 Å². The standard InChI is InChI=1S/C16H24O4.C15H19F3O4/c1-5-15(2,3)13(17)20-12-7-9-6-10(12)11-8-19-14(18)16(9,11)4;1-3-7(2)12(19)22-10-5-8-4-9(10)14(15(16,17)18)6-21-13(20)11(8)14/h9-12H,5-8H2,1-4H3;7-11H,3-6H2,1-2H3. The summed E-state index contributed by atoms with van der Waals surface area (Å²) in [6.07, 6.45) is -1.56. The highest BCUT2D eigenvalue weighted by atomic mass is 19.4. The smallest absolute Gasteiger partial charge is 0.399 e. The summed E-state index contributed by atoms with van der Waals surface area (Å²) < 4.78 is 62.3. The Morgan fingerprint density at radius 1 is 1.00 bits per heavy atom. The number of halogens is 3. The molecule has 0 radical (unpaired) electrons. The number of hydrogen-bond acceptors (Lipinski definition) is 8. The summed E-state index contributed by atoms with van der Waals surface area (Å²) in [4.78, 5) is 47.9. The zero-order chi connectivity index (χ0) is 31.0. The first-order valence-electron chi connectivity index (χ1n) is 15.3. The quantitative estimate of drug-likeness (QED) is 0.301. The molecule has 11 unspecified atom stereocenters. The summed E-state index contributed by atoms with van der Waals surface area (Å²) in [5.74, 6) is -3.26. The average molecular weight is 601 g/mol. The molecule has 2 aliphatic heterocycles. The molecule has 6 fully saturated rings. The van der Waals surface area contributed by atoms with Crippen LogP contribution in [0.2, 0.25) is 0 Å². The molecule has 6 aliphatic rings. The van der Waals surface area contributed by atoms with Crippen molar-refractivity contribution in [2.45, 2.75) is 98.5 Å². The lowest BCUT2D eigenvalue weighted by Crippen LogP contribution is -2.53. The van der Waals surface area contributed by atoms with Crippen molar-refractivity contribution in [2.24, 2.45) is 57.7 Å². The van der Waals surface area contributed by atoms with Crippen LogP contribution in [0.5, 0.6) is 0 Å². The van der Waals surface area contributed by atoms with Crippen LogP contribution in [0.4, 0.5) is 13.2 Å². The second kappa shape index (κ2) is 10.4. The summed E-state index contributed by atoms with van der Waals surface area (Å²) >= 11 is 0. The minimum Gasteiger partial charge on any atom is -0.465 e. The van der Waals surface area contributed by atoms with Crippen molar-refractivity contribution in [3.63, 3.8) is 0 Å². The molecule has 0 amide bonds. The van der Waals surface area contributed by atoms with Gasteiger partial charge in [-0.15, -0.1) is 0 Å². The second-order valence-corrected chi connectivity index (χ2v) is 14.2. The number of carbonyl (C=O) groups excluding carboxylic acids is 4. The Hall–Kier alpha value is -2.33. The third kappa shape index (κ3) is 4.45. The van der Waals surface area contributed by atoms with Crippen LogP contribution < -0.4 is 0 Å². The minimum absolute atomic E-state index is 0.0223. The van der Waals surface area contributed by atoms with E-state index >= 15 is 0 Å². The van der Waals surface area contributed by atoms with E-state index in [0.29, 0.717) is 31.3 Å². The summed E-state index contributed by atoms with van der Waals surface area (Å²) in [7, 11) is 0. The molecule has 42 heavy (non-hydrogen) atoms. The molecule has 0 spiro atoms. The van der Waals surface area contributed by atoms with Crippen LogP contribution in [0, 0.1) is 57.7 Å². The van der Waals surface area contributed by atoms with Gasteiger partial charge < -0.3 is 18.9 Å². The van der Waals surface area contributed by atoms with Crippen molar-refractivity contribution in [1.82, 2.24) is 0 Å². The highest BCUT2D eigenvalue weighted by Crippen LogP contribution is 2.68. The number of alkyl halides is 3. The van der Waals surface area contributed by atoms with E-state index in [4.69, 9.17) is 18.9 Å². The van der Waals surface area contributed by atoms with E-state index in [-0.39, 0.29) is 41.7 Å². The topological polar surface area (TPSA) is 105 Å². The fourth-order valence-electron chi connectivity index (χ4n) is 8.62. The Labute approximate surface area is 244 Å². The summed E-state index contributed by atoms with van der Waals surface area (Å²) in [5.41, 5.74) is -2.92. The fourth-order valence-corrected chi connectivity index (χ4v) is 8.62. The van der Waals surface area contributed by atoms with Crippen molar-refractivity contribution >= 4 is 23.9 Å². The zero-order valence-electron chi connectivity index (χ0n) is 25.3. The largest absolute Gasteiger partial charge is 0.465 e. The third-order valence-corrected chi connectivity index (χ3v) is 12.0. The highest BCUT2D eigenvalue weighted by molar-refractivity contribution is 5.81. The summed E-state index contributed by atoms with van der Waals surface area (Å²) in [6.45, 7) is 11.3. The highest BCUT2D eigenvalue weighted by Gasteiger charge is 2.78. The number of hydrogen-bond donors (Lipinski definition) is 0. The van der Waals surface area contributed by atoms with E-state index in [1.165, 1.54) is 0 Å². The Balaban J connectivity index is 0.000000169. The number of cyclic esters (lactones) is 2. The molecule has 2 saturated heterocycles. The number of carbonyl (C=O) groups is 4. The zero-order valence-corrected chi connectivity index (χ0v) is 25.3. The monoisotopic (exact) mass is 600 g/mol. The maximum atomic E-state index is 13.7. The van der Waals surface area contributed by atoms with E-state index < -0.39 is 59.4 Å². The average Bonchev–Trinajstić information content (AvgIpc) is 3.75. The molecule has 4 saturated carbocycles. The molecule has 11 heteroatoms. The van der Waals surface area contributed by atoms with Crippen LogP contribution in [0.3, 0.4) is 0 Å². The van der Waals surface area contributed by atoms with Gasteiger partial charge in [0.25, 0.3) is 0 Å². The first-order chi connectivity index (χ1) is 19.5. The molecule has 2 heterocycles. The first kappa shape index (κ1) is 31.1. The maximum Gasteiger partial charge on any atom is 0.399 e. The molecule has 11 atom stereocenters. The van der Waals surface area contributed by atoms with Crippen molar-refractivity contribution in [1.29, 1.82) is 0 Å². The number of rotatable bonds is 6. The van der Waals surface area contributed by atoms with E-state index in [1.807, 2.05) is 34.6 Å². The number of fused-ring (bicyclic) bond motifs is 10. The van der Waals surface area contributed by atoms with Crippen LogP contribution in [0.25, 0.3) is 0 Å². The Morgan fingerprint density at radius 2 is 1.69 bits per heavy atom. The number of ether oxygens (including phenoxy) is 4. The normalized spacial score (nSPS) is 41.8. The number of esters is 4. The Bertz CT molecular complexity index is 1140. The molecule has 4 aliphatic carbocycles. The van der Waals surface area contributed by atoms with Gasteiger partial charge in [-0.3, -0.25) is 19.2 Å². The van der Waals surface area contributed by atoms with Crippen molar-refractivity contribution in [2.75, 3.05) is 13.2 Å². The lowest BCUT2D eigenvalue weighted by Gasteiger charge is -2.40. The molecule has 0 N–H and O–H groups in total. The SMILES string of the molecule is CCC(C)(C)C(=O)OC1CC2CC1C1COC(=O)C21C.CCC(C)C(=O)OC1CC2CC1C1(C(F)(F)F)COC(=O)C21. The van der Waals surface area contributed by atoms with Gasteiger partial charge in [-0.2, -0.15) is 13.2 Å². The van der Waals surface area contributed by atoms with Crippen molar-refractivity contribution < 1.29 is 51.3 Å². The third-order valence-electron chi connectivity index (χ3n) is 12.0. The van der Waals surface area contributed by atoms with Crippen LogP contribution in [-0.2, 0) is 38.1 Å². The molecule has 6 rings (SSSR count).